The number of carboxylic acid groups (broad SMARTS) is 1. The van der Waals surface area contributed by atoms with Crippen LogP contribution in [0.2, 0.25) is 0 Å². The Bertz CT molecular complexity index is 607. The maximum atomic E-state index is 11.8. The Morgan fingerprint density at radius 1 is 1.35 bits per heavy atom. The van der Waals surface area contributed by atoms with Crippen molar-refractivity contribution in [1.29, 1.82) is 0 Å². The third-order valence-electron chi connectivity index (χ3n) is 2.42. The summed E-state index contributed by atoms with van der Waals surface area (Å²) >= 11 is 0. The number of halogens is 3. The molecule has 0 saturated carbocycles. The van der Waals surface area contributed by atoms with E-state index in [1.54, 1.807) is 0 Å². The number of alkyl halides is 3. The molecule has 0 atom stereocenters. The van der Waals surface area contributed by atoms with Crippen LogP contribution in [0, 0.1) is 6.92 Å². The summed E-state index contributed by atoms with van der Waals surface area (Å²) in [5.41, 5.74) is 0.130. The molecule has 0 heterocycles. The number of hydrogen-bond donors (Lipinski definition) is 1. The molecule has 0 aliphatic heterocycles. The molecule has 1 N–H and O–H groups in total. The van der Waals surface area contributed by atoms with E-state index >= 15 is 0 Å². The summed E-state index contributed by atoms with van der Waals surface area (Å²) in [6.07, 6.45) is -4.91. The topological polar surface area (TPSA) is 80.7 Å². The van der Waals surface area contributed by atoms with Crippen molar-refractivity contribution in [3.8, 4) is 0 Å². The molecule has 0 radical (unpaired) electrons. The fourth-order valence-corrected chi connectivity index (χ4v) is 2.52. The van der Waals surface area contributed by atoms with Crippen LogP contribution in [0.3, 0.4) is 0 Å². The predicted octanol–water partition coefficient (Wildman–Crippen LogP) is 2.00. The molecule has 0 fully saturated rings. The molecule has 1 aromatic rings. The van der Waals surface area contributed by atoms with E-state index in [-0.39, 0.29) is 10.5 Å². The number of aryl methyl sites for hydroxylation is 1. The molecule has 0 aliphatic rings. The lowest BCUT2D eigenvalue weighted by atomic mass is 10.1. The van der Waals surface area contributed by atoms with Crippen molar-refractivity contribution in [2.45, 2.75) is 18.2 Å². The largest absolute Gasteiger partial charge is 0.522 e. The third-order valence-corrected chi connectivity index (χ3v) is 4.09. The van der Waals surface area contributed by atoms with E-state index in [1.165, 1.54) is 13.0 Å². The lowest BCUT2D eigenvalue weighted by molar-refractivity contribution is -0.322. The van der Waals surface area contributed by atoms with Gasteiger partial charge in [0.25, 0.3) is 0 Å². The Hall–Kier alpha value is -1.61. The summed E-state index contributed by atoms with van der Waals surface area (Å²) in [5.74, 6) is -2.21. The number of aromatic carboxylic acids is 1. The van der Waals surface area contributed by atoms with Gasteiger partial charge in [0, 0.05) is 0 Å². The van der Waals surface area contributed by atoms with Gasteiger partial charge in [0.1, 0.15) is 0 Å². The summed E-state index contributed by atoms with van der Waals surface area (Å²) in [6, 6.07) is 3.34. The van der Waals surface area contributed by atoms with Gasteiger partial charge in [-0.1, -0.05) is 6.07 Å². The first-order chi connectivity index (χ1) is 9.03. The third kappa shape index (κ3) is 4.49. The molecular weight excluding hydrogens is 301 g/mol. The number of carboxylic acids is 1. The zero-order chi connectivity index (χ0) is 15.6. The number of hydrogen-bond acceptors (Lipinski definition) is 4. The van der Waals surface area contributed by atoms with E-state index in [1.807, 2.05) is 0 Å². The van der Waals surface area contributed by atoms with Crippen LogP contribution in [0.5, 0.6) is 0 Å². The van der Waals surface area contributed by atoms with Crippen LogP contribution in [0.4, 0.5) is 13.2 Å². The fourth-order valence-electron chi connectivity index (χ4n) is 1.41. The number of benzene rings is 1. The molecule has 0 aliphatic carbocycles. The minimum absolute atomic E-state index is 0.220. The number of rotatable bonds is 5. The van der Waals surface area contributed by atoms with E-state index in [2.05, 4.69) is 4.74 Å². The van der Waals surface area contributed by atoms with E-state index in [4.69, 9.17) is 5.11 Å². The highest BCUT2D eigenvalue weighted by atomic mass is 32.2. The summed E-state index contributed by atoms with van der Waals surface area (Å²) in [7, 11) is -4.04. The first-order valence-corrected chi connectivity index (χ1v) is 6.95. The van der Waals surface area contributed by atoms with Crippen LogP contribution in [-0.2, 0) is 14.6 Å². The zero-order valence-corrected chi connectivity index (χ0v) is 11.1. The van der Waals surface area contributed by atoms with Crippen LogP contribution in [-0.4, -0.2) is 38.2 Å². The Labute approximate surface area is 112 Å². The Balaban J connectivity index is 2.93. The first kappa shape index (κ1) is 16.4. The van der Waals surface area contributed by atoms with E-state index in [0.29, 0.717) is 5.56 Å². The van der Waals surface area contributed by atoms with Gasteiger partial charge >= 0.3 is 12.3 Å². The van der Waals surface area contributed by atoms with Crippen LogP contribution >= 0.6 is 0 Å². The smallest absolute Gasteiger partial charge is 0.478 e. The summed E-state index contributed by atoms with van der Waals surface area (Å²) < 4.78 is 62.2. The molecule has 0 bridgehead atoms. The van der Waals surface area contributed by atoms with Crippen LogP contribution in [0.1, 0.15) is 15.9 Å². The number of ether oxygens (including phenoxy) is 1. The molecule has 1 rings (SSSR count). The van der Waals surface area contributed by atoms with E-state index < -0.39 is 34.5 Å². The summed E-state index contributed by atoms with van der Waals surface area (Å²) in [4.78, 5) is 10.5. The van der Waals surface area contributed by atoms with Gasteiger partial charge in [-0.15, -0.1) is 13.2 Å². The highest BCUT2D eigenvalue weighted by molar-refractivity contribution is 7.91. The second-order valence-corrected chi connectivity index (χ2v) is 6.00. The van der Waals surface area contributed by atoms with Gasteiger partial charge in [-0.2, -0.15) is 0 Å². The number of sulfone groups is 1. The average Bonchev–Trinajstić information content (AvgIpc) is 2.26. The lowest BCUT2D eigenvalue weighted by Crippen LogP contribution is -2.20. The van der Waals surface area contributed by atoms with Crippen molar-refractivity contribution in [3.63, 3.8) is 0 Å². The SMILES string of the molecule is Cc1ccc(S(=O)(=O)CCOC(F)(F)F)cc1C(=O)O. The molecule has 0 saturated heterocycles. The van der Waals surface area contributed by atoms with Crippen molar-refractivity contribution >= 4 is 15.8 Å². The molecule has 20 heavy (non-hydrogen) atoms. The molecule has 5 nitrogen and oxygen atoms in total. The van der Waals surface area contributed by atoms with Gasteiger partial charge in [-0.05, 0) is 24.6 Å². The van der Waals surface area contributed by atoms with Crippen molar-refractivity contribution in [1.82, 2.24) is 0 Å². The second kappa shape index (κ2) is 5.80. The minimum Gasteiger partial charge on any atom is -0.478 e. The normalized spacial score (nSPS) is 12.4. The van der Waals surface area contributed by atoms with E-state index in [0.717, 1.165) is 12.1 Å². The maximum Gasteiger partial charge on any atom is 0.522 e. The molecule has 0 spiro atoms. The van der Waals surface area contributed by atoms with Gasteiger partial charge < -0.3 is 5.11 Å². The van der Waals surface area contributed by atoms with Crippen LogP contribution in [0.25, 0.3) is 0 Å². The Kier molecular flexibility index (Phi) is 4.77. The maximum absolute atomic E-state index is 11.8. The summed E-state index contributed by atoms with van der Waals surface area (Å²) in [5, 5.41) is 8.87. The molecule has 112 valence electrons. The molecule has 0 amide bonds. The standard InChI is InChI=1S/C11H11F3O5S/c1-7-2-3-8(6-9(7)10(15)16)20(17,18)5-4-19-11(12,13)14/h2-3,6H,4-5H2,1H3,(H,15,16). The van der Waals surface area contributed by atoms with Gasteiger partial charge in [-0.25, -0.2) is 13.2 Å². The van der Waals surface area contributed by atoms with Gasteiger partial charge in [-0.3, -0.25) is 4.74 Å². The highest BCUT2D eigenvalue weighted by Gasteiger charge is 2.30. The molecule has 0 unspecified atom stereocenters. The van der Waals surface area contributed by atoms with E-state index in [9.17, 15) is 26.4 Å². The van der Waals surface area contributed by atoms with Gasteiger partial charge in [0.15, 0.2) is 9.84 Å². The van der Waals surface area contributed by atoms with Crippen molar-refractivity contribution in [2.75, 3.05) is 12.4 Å². The minimum atomic E-state index is -4.91. The molecular formula is C11H11F3O5S. The highest BCUT2D eigenvalue weighted by Crippen LogP contribution is 2.19. The average molecular weight is 312 g/mol. The molecule has 0 aromatic heterocycles. The Morgan fingerprint density at radius 3 is 2.45 bits per heavy atom. The Morgan fingerprint density at radius 2 is 1.95 bits per heavy atom. The number of carbonyl (C=O) groups is 1. The first-order valence-electron chi connectivity index (χ1n) is 5.30. The molecule has 1 aromatic carbocycles. The quantitative estimate of drug-likeness (QED) is 0.899. The van der Waals surface area contributed by atoms with Crippen molar-refractivity contribution < 1.29 is 36.2 Å². The van der Waals surface area contributed by atoms with Gasteiger partial charge in [0.2, 0.25) is 0 Å². The molecule has 9 heteroatoms. The fraction of sp³-hybridized carbons (Fsp3) is 0.364. The van der Waals surface area contributed by atoms with Crippen LogP contribution < -0.4 is 0 Å². The van der Waals surface area contributed by atoms with Crippen molar-refractivity contribution in [3.05, 3.63) is 29.3 Å². The lowest BCUT2D eigenvalue weighted by Gasteiger charge is -2.09. The monoisotopic (exact) mass is 312 g/mol. The predicted molar refractivity (Wildman–Crippen MR) is 62.2 cm³/mol. The summed E-state index contributed by atoms with van der Waals surface area (Å²) in [6.45, 7) is 0.425. The van der Waals surface area contributed by atoms with Crippen molar-refractivity contribution in [2.24, 2.45) is 0 Å². The van der Waals surface area contributed by atoms with Crippen LogP contribution in [0.15, 0.2) is 23.1 Å². The zero-order valence-electron chi connectivity index (χ0n) is 10.3. The second-order valence-electron chi connectivity index (χ2n) is 3.89. The van der Waals surface area contributed by atoms with Gasteiger partial charge in [0.05, 0.1) is 22.8 Å².